The first-order chi connectivity index (χ1) is 6.57. The molecular weight excluding hydrogens is 226 g/mol. The van der Waals surface area contributed by atoms with Gasteiger partial charge in [-0.1, -0.05) is 17.7 Å². The largest absolute Gasteiger partial charge is 0.480 e. The van der Waals surface area contributed by atoms with Gasteiger partial charge in [0.15, 0.2) is 0 Å². The summed E-state index contributed by atoms with van der Waals surface area (Å²) < 4.78 is 0. The van der Waals surface area contributed by atoms with Crippen molar-refractivity contribution >= 4 is 35.2 Å². The van der Waals surface area contributed by atoms with Crippen molar-refractivity contribution in [3.05, 3.63) is 11.6 Å². The summed E-state index contributed by atoms with van der Waals surface area (Å²) in [4.78, 5) is 21.3. The zero-order valence-electron chi connectivity index (χ0n) is 7.70. The van der Waals surface area contributed by atoms with Crippen LogP contribution >= 0.6 is 23.4 Å². The second-order valence-corrected chi connectivity index (χ2v) is 3.82. The van der Waals surface area contributed by atoms with Gasteiger partial charge in [0.25, 0.3) is 0 Å². The molecule has 0 fully saturated rings. The van der Waals surface area contributed by atoms with Crippen molar-refractivity contribution < 1.29 is 14.7 Å². The van der Waals surface area contributed by atoms with E-state index in [0.29, 0.717) is 11.5 Å². The SMILES string of the molecule is CC(=O)N[C@@H](CSC/C=C\Cl)C(=O)O. The van der Waals surface area contributed by atoms with Crippen molar-refractivity contribution in [2.24, 2.45) is 0 Å². The topological polar surface area (TPSA) is 66.4 Å². The lowest BCUT2D eigenvalue weighted by Gasteiger charge is -2.11. The lowest BCUT2D eigenvalue weighted by molar-refractivity contribution is -0.140. The van der Waals surface area contributed by atoms with E-state index in [1.165, 1.54) is 24.2 Å². The van der Waals surface area contributed by atoms with Crippen LogP contribution in [0.1, 0.15) is 6.92 Å². The Morgan fingerprint density at radius 2 is 2.29 bits per heavy atom. The molecule has 0 aromatic rings. The van der Waals surface area contributed by atoms with E-state index < -0.39 is 12.0 Å². The van der Waals surface area contributed by atoms with Gasteiger partial charge < -0.3 is 10.4 Å². The Hall–Kier alpha value is -0.680. The van der Waals surface area contributed by atoms with Gasteiger partial charge >= 0.3 is 5.97 Å². The van der Waals surface area contributed by atoms with E-state index in [9.17, 15) is 9.59 Å². The molecular formula is C8H12ClNO3S. The monoisotopic (exact) mass is 237 g/mol. The van der Waals surface area contributed by atoms with Gasteiger partial charge in [0.1, 0.15) is 6.04 Å². The van der Waals surface area contributed by atoms with Gasteiger partial charge in [-0.3, -0.25) is 4.79 Å². The molecule has 0 aliphatic rings. The average Bonchev–Trinajstić information content (AvgIpc) is 2.09. The first-order valence-corrected chi connectivity index (χ1v) is 5.50. The molecule has 0 aromatic heterocycles. The van der Waals surface area contributed by atoms with Crippen LogP contribution in [-0.2, 0) is 9.59 Å². The number of rotatable bonds is 6. The smallest absolute Gasteiger partial charge is 0.327 e. The van der Waals surface area contributed by atoms with Crippen molar-refractivity contribution in [1.29, 1.82) is 0 Å². The Balaban J connectivity index is 3.85. The summed E-state index contributed by atoms with van der Waals surface area (Å²) >= 11 is 6.67. The Kier molecular flexibility index (Phi) is 7.32. The predicted octanol–water partition coefficient (Wildman–Crippen LogP) is 1.06. The third-order valence-corrected chi connectivity index (χ3v) is 2.44. The second-order valence-electron chi connectivity index (χ2n) is 2.49. The van der Waals surface area contributed by atoms with Crippen LogP contribution in [0.15, 0.2) is 11.6 Å². The standard InChI is InChI=1S/C8H12ClNO3S/c1-6(11)10-7(8(12)13)5-14-4-2-3-9/h2-3,7H,4-5H2,1H3,(H,10,11)(H,12,13)/b3-2-/t7-/m0/s1. The number of aliphatic carboxylic acids is 1. The maximum atomic E-state index is 10.6. The molecule has 1 atom stereocenters. The summed E-state index contributed by atoms with van der Waals surface area (Å²) in [6.45, 7) is 1.29. The number of carbonyl (C=O) groups excluding carboxylic acids is 1. The van der Waals surface area contributed by atoms with E-state index >= 15 is 0 Å². The van der Waals surface area contributed by atoms with Crippen LogP contribution < -0.4 is 5.32 Å². The molecule has 0 aliphatic carbocycles. The third-order valence-electron chi connectivity index (χ3n) is 1.26. The summed E-state index contributed by atoms with van der Waals surface area (Å²) in [7, 11) is 0. The highest BCUT2D eigenvalue weighted by Crippen LogP contribution is 2.04. The summed E-state index contributed by atoms with van der Waals surface area (Å²) in [5.41, 5.74) is 1.38. The molecule has 4 nitrogen and oxygen atoms in total. The molecule has 2 N–H and O–H groups in total. The van der Waals surface area contributed by atoms with Gasteiger partial charge in [-0.15, -0.1) is 0 Å². The third kappa shape index (κ3) is 6.80. The van der Waals surface area contributed by atoms with Crippen molar-refractivity contribution in [2.45, 2.75) is 13.0 Å². The molecule has 0 aromatic carbocycles. The van der Waals surface area contributed by atoms with E-state index in [-0.39, 0.29) is 5.91 Å². The highest BCUT2D eigenvalue weighted by Gasteiger charge is 2.17. The summed E-state index contributed by atoms with van der Waals surface area (Å²) in [6, 6.07) is -0.832. The number of carboxylic acid groups (broad SMARTS) is 1. The van der Waals surface area contributed by atoms with Crippen molar-refractivity contribution in [3.63, 3.8) is 0 Å². The lowest BCUT2D eigenvalue weighted by atomic mass is 10.3. The highest BCUT2D eigenvalue weighted by molar-refractivity contribution is 7.99. The van der Waals surface area contributed by atoms with E-state index in [2.05, 4.69) is 5.32 Å². The number of carbonyl (C=O) groups is 2. The zero-order chi connectivity index (χ0) is 11.0. The molecule has 1 amide bonds. The molecule has 0 aliphatic heterocycles. The van der Waals surface area contributed by atoms with Gasteiger partial charge in [-0.05, 0) is 0 Å². The maximum absolute atomic E-state index is 10.6. The minimum absolute atomic E-state index is 0.330. The normalized spacial score (nSPS) is 12.7. The van der Waals surface area contributed by atoms with Crippen molar-refractivity contribution in [2.75, 3.05) is 11.5 Å². The number of hydrogen-bond acceptors (Lipinski definition) is 3. The van der Waals surface area contributed by atoms with Crippen LogP contribution in [-0.4, -0.2) is 34.5 Å². The van der Waals surface area contributed by atoms with Gasteiger partial charge in [0.2, 0.25) is 5.91 Å². The maximum Gasteiger partial charge on any atom is 0.327 e. The molecule has 0 heterocycles. The fraction of sp³-hybridized carbons (Fsp3) is 0.500. The van der Waals surface area contributed by atoms with E-state index in [1.807, 2.05) is 0 Å². The number of thioether (sulfide) groups is 1. The van der Waals surface area contributed by atoms with Gasteiger partial charge in [-0.25, -0.2) is 4.79 Å². The molecule has 0 spiro atoms. The van der Waals surface area contributed by atoms with Crippen LogP contribution in [0.2, 0.25) is 0 Å². The highest BCUT2D eigenvalue weighted by atomic mass is 35.5. The van der Waals surface area contributed by atoms with Crippen molar-refractivity contribution in [3.8, 4) is 0 Å². The molecule has 0 radical (unpaired) electrons. The van der Waals surface area contributed by atoms with Crippen LogP contribution in [0.4, 0.5) is 0 Å². The zero-order valence-corrected chi connectivity index (χ0v) is 9.27. The van der Waals surface area contributed by atoms with Crippen LogP contribution in [0.3, 0.4) is 0 Å². The Labute approximate surface area is 91.7 Å². The van der Waals surface area contributed by atoms with Gasteiger partial charge in [0, 0.05) is 24.0 Å². The molecule has 6 heteroatoms. The predicted molar refractivity (Wildman–Crippen MR) is 57.6 cm³/mol. The number of amides is 1. The Bertz CT molecular complexity index is 233. The summed E-state index contributed by atoms with van der Waals surface area (Å²) in [5.74, 6) is -0.406. The second kappa shape index (κ2) is 7.70. The van der Waals surface area contributed by atoms with E-state index in [0.717, 1.165) is 0 Å². The van der Waals surface area contributed by atoms with Crippen LogP contribution in [0, 0.1) is 0 Å². The Morgan fingerprint density at radius 1 is 1.64 bits per heavy atom. The number of nitrogens with one attached hydrogen (secondary N) is 1. The molecule has 14 heavy (non-hydrogen) atoms. The fourth-order valence-corrected chi connectivity index (χ4v) is 1.74. The molecule has 0 saturated carbocycles. The minimum Gasteiger partial charge on any atom is -0.480 e. The summed E-state index contributed by atoms with van der Waals surface area (Å²) in [5, 5.41) is 11.0. The summed E-state index contributed by atoms with van der Waals surface area (Å²) in [6.07, 6.45) is 1.71. The number of hydrogen-bond donors (Lipinski definition) is 2. The van der Waals surface area contributed by atoms with E-state index in [4.69, 9.17) is 16.7 Å². The molecule has 80 valence electrons. The fourth-order valence-electron chi connectivity index (χ4n) is 0.710. The Morgan fingerprint density at radius 3 is 2.71 bits per heavy atom. The first-order valence-electron chi connectivity index (χ1n) is 3.90. The molecule has 0 bridgehead atoms. The number of carboxylic acids is 1. The average molecular weight is 238 g/mol. The lowest BCUT2D eigenvalue weighted by Crippen LogP contribution is -2.41. The number of halogens is 1. The van der Waals surface area contributed by atoms with Crippen LogP contribution in [0.25, 0.3) is 0 Å². The van der Waals surface area contributed by atoms with Gasteiger partial charge in [0.05, 0.1) is 0 Å². The minimum atomic E-state index is -1.03. The van der Waals surface area contributed by atoms with E-state index in [1.54, 1.807) is 6.08 Å². The molecule has 0 unspecified atom stereocenters. The van der Waals surface area contributed by atoms with Crippen LogP contribution in [0.5, 0.6) is 0 Å². The quantitative estimate of drug-likeness (QED) is 0.678. The van der Waals surface area contributed by atoms with Crippen molar-refractivity contribution in [1.82, 2.24) is 5.32 Å². The molecule has 0 rings (SSSR count). The van der Waals surface area contributed by atoms with Gasteiger partial charge in [-0.2, -0.15) is 11.8 Å². The first kappa shape index (κ1) is 13.3. The molecule has 0 saturated heterocycles.